The Labute approximate surface area is 152 Å². The molecule has 1 aliphatic carbocycles. The molecule has 4 rings (SSSR count). The second kappa shape index (κ2) is 7.03. The predicted molar refractivity (Wildman–Crippen MR) is 96.1 cm³/mol. The molecule has 0 aromatic carbocycles. The van der Waals surface area contributed by atoms with Crippen LogP contribution in [-0.4, -0.2) is 58.0 Å². The maximum absolute atomic E-state index is 12.8. The van der Waals surface area contributed by atoms with E-state index in [0.717, 1.165) is 37.2 Å². The van der Waals surface area contributed by atoms with Gasteiger partial charge in [0.25, 0.3) is 5.91 Å². The van der Waals surface area contributed by atoms with Gasteiger partial charge in [-0.3, -0.25) is 9.48 Å². The van der Waals surface area contributed by atoms with Crippen LogP contribution in [0.25, 0.3) is 0 Å². The smallest absolute Gasteiger partial charge is 0.269 e. The van der Waals surface area contributed by atoms with Crippen LogP contribution in [0.2, 0.25) is 0 Å². The zero-order valence-corrected chi connectivity index (χ0v) is 15.1. The fourth-order valence-electron chi connectivity index (χ4n) is 3.69. The minimum absolute atomic E-state index is 0.0598. The number of hydrogen-bond acceptors (Lipinski definition) is 6. The summed E-state index contributed by atoms with van der Waals surface area (Å²) in [5.74, 6) is 1.29. The van der Waals surface area contributed by atoms with Gasteiger partial charge in [-0.2, -0.15) is 5.10 Å². The molecule has 1 saturated heterocycles. The summed E-state index contributed by atoms with van der Waals surface area (Å²) in [5, 5.41) is 7.37. The van der Waals surface area contributed by atoms with Crippen molar-refractivity contribution in [3.05, 3.63) is 36.0 Å². The molecule has 8 nitrogen and oxygen atoms in total. The van der Waals surface area contributed by atoms with E-state index in [2.05, 4.69) is 25.3 Å². The first-order valence-electron chi connectivity index (χ1n) is 9.03. The summed E-state index contributed by atoms with van der Waals surface area (Å²) in [4.78, 5) is 23.3. The monoisotopic (exact) mass is 356 g/mol. The maximum atomic E-state index is 12.8. The minimum Gasteiger partial charge on any atom is -0.380 e. The Balaban J connectivity index is 1.46. The summed E-state index contributed by atoms with van der Waals surface area (Å²) in [6.45, 7) is 1.30. The molecule has 0 spiro atoms. The van der Waals surface area contributed by atoms with Crippen molar-refractivity contribution in [2.24, 2.45) is 7.05 Å². The number of anilines is 1. The van der Waals surface area contributed by atoms with Gasteiger partial charge in [-0.05, 0) is 31.2 Å². The summed E-state index contributed by atoms with van der Waals surface area (Å²) in [6.07, 6.45) is 8.37. The van der Waals surface area contributed by atoms with Gasteiger partial charge in [-0.15, -0.1) is 0 Å². The highest BCUT2D eigenvalue weighted by Crippen LogP contribution is 2.41. The third-order valence-corrected chi connectivity index (χ3v) is 5.27. The van der Waals surface area contributed by atoms with E-state index in [4.69, 9.17) is 4.74 Å². The Bertz CT molecular complexity index is 773. The molecule has 0 bridgehead atoms. The Kier molecular flexibility index (Phi) is 4.58. The molecular weight excluding hydrogens is 332 g/mol. The molecule has 26 heavy (non-hydrogen) atoms. The lowest BCUT2D eigenvalue weighted by Gasteiger charge is -2.25. The first kappa shape index (κ1) is 17.0. The van der Waals surface area contributed by atoms with Crippen LogP contribution < -0.4 is 10.2 Å². The molecule has 2 aliphatic rings. The van der Waals surface area contributed by atoms with Gasteiger partial charge < -0.3 is 15.0 Å². The lowest BCUT2D eigenvalue weighted by molar-refractivity contribution is 0.0936. The predicted octanol–water partition coefficient (Wildman–Crippen LogP) is 1.11. The quantitative estimate of drug-likeness (QED) is 0.835. The highest BCUT2D eigenvalue weighted by Gasteiger charge is 2.34. The van der Waals surface area contributed by atoms with Crippen molar-refractivity contribution in [1.29, 1.82) is 0 Å². The number of ether oxygens (including phenoxy) is 1. The van der Waals surface area contributed by atoms with E-state index in [1.165, 1.54) is 0 Å². The number of aromatic nitrogens is 4. The topological polar surface area (TPSA) is 85.2 Å². The molecule has 138 valence electrons. The lowest BCUT2D eigenvalue weighted by atomic mass is 10.1. The van der Waals surface area contributed by atoms with Crippen LogP contribution in [0.15, 0.2) is 24.8 Å². The van der Waals surface area contributed by atoms with E-state index in [1.807, 2.05) is 19.3 Å². The molecule has 2 atom stereocenters. The van der Waals surface area contributed by atoms with Crippen molar-refractivity contribution in [3.8, 4) is 0 Å². The number of rotatable bonds is 6. The first-order valence-corrected chi connectivity index (χ1v) is 9.03. The van der Waals surface area contributed by atoms with Crippen molar-refractivity contribution in [2.45, 2.75) is 37.3 Å². The van der Waals surface area contributed by atoms with Crippen LogP contribution in [-0.2, 0) is 11.8 Å². The third kappa shape index (κ3) is 3.29. The molecule has 3 heterocycles. The van der Waals surface area contributed by atoms with Crippen LogP contribution in [0.4, 0.5) is 5.82 Å². The maximum Gasteiger partial charge on any atom is 0.269 e. The number of nitrogens with zero attached hydrogens (tertiary/aromatic N) is 5. The summed E-state index contributed by atoms with van der Waals surface area (Å²) in [5.41, 5.74) is 1.75. The Morgan fingerprint density at radius 1 is 1.42 bits per heavy atom. The van der Waals surface area contributed by atoms with Gasteiger partial charge in [-0.25, -0.2) is 9.97 Å². The Hall–Kier alpha value is -2.48. The minimum atomic E-state index is -0.0598. The number of hydrogen-bond donors (Lipinski definition) is 1. The second-order valence-electron chi connectivity index (χ2n) is 7.02. The molecular formula is C18H24N6O2. The molecule has 8 heteroatoms. The summed E-state index contributed by atoms with van der Waals surface area (Å²) >= 11 is 0. The van der Waals surface area contributed by atoms with Crippen LogP contribution in [0.3, 0.4) is 0 Å². The standard InChI is InChI=1S/C18H24N6O2/c1-23-17(15(9-22-23)12-3-4-12)18(25)20-8-13-7-14(26-2)10-24(13)16-5-6-19-11-21-16/h5-6,9,11-14H,3-4,7-8,10H2,1-2H3,(H,20,25)/t13-,14-/m1/s1. The van der Waals surface area contributed by atoms with Crippen LogP contribution in [0, 0.1) is 0 Å². The van der Waals surface area contributed by atoms with Gasteiger partial charge in [-0.1, -0.05) is 0 Å². The van der Waals surface area contributed by atoms with E-state index in [-0.39, 0.29) is 18.1 Å². The van der Waals surface area contributed by atoms with E-state index in [1.54, 1.807) is 24.3 Å². The zero-order valence-electron chi connectivity index (χ0n) is 15.1. The largest absolute Gasteiger partial charge is 0.380 e. The number of carbonyl (C=O) groups is 1. The molecule has 1 saturated carbocycles. The van der Waals surface area contributed by atoms with Gasteiger partial charge in [0.2, 0.25) is 0 Å². The van der Waals surface area contributed by atoms with Crippen molar-refractivity contribution in [3.63, 3.8) is 0 Å². The number of nitrogens with one attached hydrogen (secondary N) is 1. The molecule has 1 N–H and O–H groups in total. The fourth-order valence-corrected chi connectivity index (χ4v) is 3.69. The second-order valence-corrected chi connectivity index (χ2v) is 7.02. The SMILES string of the molecule is CO[C@@H]1C[C@H](CNC(=O)c2c(C3CC3)cnn2C)N(c2ccncn2)C1. The van der Waals surface area contributed by atoms with Gasteiger partial charge in [0, 0.05) is 39.0 Å². The van der Waals surface area contributed by atoms with Crippen molar-refractivity contribution in [1.82, 2.24) is 25.1 Å². The third-order valence-electron chi connectivity index (χ3n) is 5.27. The van der Waals surface area contributed by atoms with E-state index < -0.39 is 0 Å². The van der Waals surface area contributed by atoms with E-state index >= 15 is 0 Å². The van der Waals surface area contributed by atoms with E-state index in [0.29, 0.717) is 18.2 Å². The molecule has 2 aromatic heterocycles. The Morgan fingerprint density at radius 3 is 2.96 bits per heavy atom. The number of carbonyl (C=O) groups excluding carboxylic acids is 1. The number of aryl methyl sites for hydroxylation is 1. The summed E-state index contributed by atoms with van der Waals surface area (Å²) in [7, 11) is 3.55. The number of amides is 1. The van der Waals surface area contributed by atoms with Crippen LogP contribution in [0.5, 0.6) is 0 Å². The van der Waals surface area contributed by atoms with Crippen LogP contribution in [0.1, 0.15) is 41.2 Å². The molecule has 2 aromatic rings. The molecule has 0 unspecified atom stereocenters. The molecule has 0 radical (unpaired) electrons. The van der Waals surface area contributed by atoms with Crippen LogP contribution >= 0.6 is 0 Å². The fraction of sp³-hybridized carbons (Fsp3) is 0.556. The molecule has 1 amide bonds. The van der Waals surface area contributed by atoms with Crippen molar-refractivity contribution >= 4 is 11.7 Å². The average Bonchev–Trinajstić information content (AvgIpc) is 3.31. The van der Waals surface area contributed by atoms with Crippen molar-refractivity contribution in [2.75, 3.05) is 25.1 Å². The summed E-state index contributed by atoms with van der Waals surface area (Å²) in [6, 6.07) is 2.02. The van der Waals surface area contributed by atoms with E-state index in [9.17, 15) is 4.79 Å². The van der Waals surface area contributed by atoms with Crippen molar-refractivity contribution < 1.29 is 9.53 Å². The van der Waals surface area contributed by atoms with Gasteiger partial charge in [0.05, 0.1) is 18.3 Å². The number of methoxy groups -OCH3 is 1. The van der Waals surface area contributed by atoms with Gasteiger partial charge in [0.15, 0.2) is 0 Å². The normalized spacial score (nSPS) is 22.6. The lowest BCUT2D eigenvalue weighted by Crippen LogP contribution is -2.41. The Morgan fingerprint density at radius 2 is 2.27 bits per heavy atom. The summed E-state index contributed by atoms with van der Waals surface area (Å²) < 4.78 is 7.22. The molecule has 1 aliphatic heterocycles. The first-order chi connectivity index (χ1) is 12.7. The highest BCUT2D eigenvalue weighted by atomic mass is 16.5. The molecule has 2 fully saturated rings. The zero-order chi connectivity index (χ0) is 18.1. The van der Waals surface area contributed by atoms with Gasteiger partial charge >= 0.3 is 0 Å². The van der Waals surface area contributed by atoms with Gasteiger partial charge in [0.1, 0.15) is 17.8 Å². The highest BCUT2D eigenvalue weighted by molar-refractivity contribution is 5.94. The average molecular weight is 356 g/mol.